The van der Waals surface area contributed by atoms with Gasteiger partial charge in [-0.15, -0.1) is 0 Å². The van der Waals surface area contributed by atoms with Gasteiger partial charge in [0.05, 0.1) is 18.5 Å². The maximum atomic E-state index is 8.77. The topological polar surface area (TPSA) is 58.9 Å². The molecule has 0 amide bonds. The number of aliphatic hydroxyl groups excluding tert-OH is 1. The molecule has 2 aromatic rings. The van der Waals surface area contributed by atoms with Crippen molar-refractivity contribution in [3.05, 3.63) is 30.2 Å². The normalized spacial score (nSPS) is 10.4. The lowest BCUT2D eigenvalue weighted by molar-refractivity contribution is 0.277. The molecular formula is C8H7N3O. The fourth-order valence-electron chi connectivity index (χ4n) is 0.961. The van der Waals surface area contributed by atoms with Crippen LogP contribution in [0.2, 0.25) is 0 Å². The Balaban J connectivity index is 2.67. The molecule has 0 aliphatic rings. The highest BCUT2D eigenvalue weighted by Crippen LogP contribution is 2.04. The van der Waals surface area contributed by atoms with Gasteiger partial charge in [-0.2, -0.15) is 0 Å². The van der Waals surface area contributed by atoms with E-state index >= 15 is 0 Å². The van der Waals surface area contributed by atoms with Crippen LogP contribution in [0.3, 0.4) is 0 Å². The SMILES string of the molecule is OCc1cnc2cccnc2n1. The standard InChI is InChI=1S/C8H7N3O/c12-5-6-4-10-7-2-1-3-9-8(7)11-6/h1-4,12H,5H2. The average Bonchev–Trinajstić information content (AvgIpc) is 2.17. The molecule has 0 saturated carbocycles. The van der Waals surface area contributed by atoms with Gasteiger partial charge < -0.3 is 5.11 Å². The second-order valence-corrected chi connectivity index (χ2v) is 2.37. The lowest BCUT2D eigenvalue weighted by Crippen LogP contribution is -1.93. The molecule has 0 aromatic carbocycles. The Morgan fingerprint density at radius 3 is 3.08 bits per heavy atom. The second kappa shape index (κ2) is 2.83. The summed E-state index contributed by atoms with van der Waals surface area (Å²) in [6.07, 6.45) is 3.20. The Morgan fingerprint density at radius 1 is 1.33 bits per heavy atom. The van der Waals surface area contributed by atoms with Crippen LogP contribution in [0.5, 0.6) is 0 Å². The van der Waals surface area contributed by atoms with Gasteiger partial charge in [-0.1, -0.05) is 0 Å². The van der Waals surface area contributed by atoms with Crippen molar-refractivity contribution in [1.82, 2.24) is 15.0 Å². The van der Waals surface area contributed by atoms with E-state index in [-0.39, 0.29) is 6.61 Å². The van der Waals surface area contributed by atoms with Crippen LogP contribution in [0.15, 0.2) is 24.5 Å². The zero-order valence-electron chi connectivity index (χ0n) is 6.31. The molecule has 2 rings (SSSR count). The Bertz CT molecular complexity index is 402. The molecule has 2 heterocycles. The van der Waals surface area contributed by atoms with E-state index in [1.165, 1.54) is 0 Å². The fourth-order valence-corrected chi connectivity index (χ4v) is 0.961. The largest absolute Gasteiger partial charge is 0.390 e. The second-order valence-electron chi connectivity index (χ2n) is 2.37. The highest BCUT2D eigenvalue weighted by molar-refractivity contribution is 5.68. The number of pyridine rings is 1. The van der Waals surface area contributed by atoms with Gasteiger partial charge in [0, 0.05) is 6.20 Å². The predicted molar refractivity (Wildman–Crippen MR) is 43.3 cm³/mol. The van der Waals surface area contributed by atoms with Crippen LogP contribution in [0.4, 0.5) is 0 Å². The van der Waals surface area contributed by atoms with E-state index in [9.17, 15) is 0 Å². The average molecular weight is 161 g/mol. The molecule has 0 spiro atoms. The third-order valence-corrected chi connectivity index (χ3v) is 1.53. The zero-order chi connectivity index (χ0) is 8.39. The van der Waals surface area contributed by atoms with Crippen molar-refractivity contribution in [2.24, 2.45) is 0 Å². The summed E-state index contributed by atoms with van der Waals surface area (Å²) >= 11 is 0. The van der Waals surface area contributed by atoms with Gasteiger partial charge in [0.2, 0.25) is 0 Å². The first-order valence-electron chi connectivity index (χ1n) is 3.57. The summed E-state index contributed by atoms with van der Waals surface area (Å²) in [6, 6.07) is 3.63. The van der Waals surface area contributed by atoms with Crippen molar-refractivity contribution < 1.29 is 5.11 Å². The molecule has 0 bridgehead atoms. The third kappa shape index (κ3) is 1.12. The molecule has 0 fully saturated rings. The van der Waals surface area contributed by atoms with Crippen LogP contribution >= 0.6 is 0 Å². The van der Waals surface area contributed by atoms with E-state index < -0.39 is 0 Å². The van der Waals surface area contributed by atoms with E-state index in [0.717, 1.165) is 5.52 Å². The van der Waals surface area contributed by atoms with Gasteiger partial charge in [0.15, 0.2) is 5.65 Å². The minimum absolute atomic E-state index is 0.0977. The maximum Gasteiger partial charge on any atom is 0.178 e. The van der Waals surface area contributed by atoms with Crippen LogP contribution in [0, 0.1) is 0 Å². The number of hydrogen-bond acceptors (Lipinski definition) is 4. The van der Waals surface area contributed by atoms with Gasteiger partial charge >= 0.3 is 0 Å². The monoisotopic (exact) mass is 161 g/mol. The van der Waals surface area contributed by atoms with E-state index in [2.05, 4.69) is 15.0 Å². The first-order chi connectivity index (χ1) is 5.90. The van der Waals surface area contributed by atoms with Gasteiger partial charge in [-0.3, -0.25) is 4.98 Å². The predicted octanol–water partition coefficient (Wildman–Crippen LogP) is 0.517. The molecule has 1 N–H and O–H groups in total. The summed E-state index contributed by atoms with van der Waals surface area (Å²) in [7, 11) is 0. The molecule has 0 radical (unpaired) electrons. The van der Waals surface area contributed by atoms with E-state index in [0.29, 0.717) is 11.3 Å². The Morgan fingerprint density at radius 2 is 2.25 bits per heavy atom. The van der Waals surface area contributed by atoms with Crippen molar-refractivity contribution in [3.63, 3.8) is 0 Å². The Kier molecular flexibility index (Phi) is 1.68. The molecule has 4 nitrogen and oxygen atoms in total. The first-order valence-corrected chi connectivity index (χ1v) is 3.57. The number of fused-ring (bicyclic) bond motifs is 1. The molecule has 12 heavy (non-hydrogen) atoms. The summed E-state index contributed by atoms with van der Waals surface area (Å²) < 4.78 is 0. The van der Waals surface area contributed by atoms with Crippen LogP contribution in [-0.2, 0) is 6.61 Å². The highest BCUT2D eigenvalue weighted by Gasteiger charge is 1.97. The summed E-state index contributed by atoms with van der Waals surface area (Å²) in [6.45, 7) is -0.0977. The van der Waals surface area contributed by atoms with Crippen molar-refractivity contribution in [1.29, 1.82) is 0 Å². The van der Waals surface area contributed by atoms with E-state index in [1.807, 2.05) is 6.07 Å². The summed E-state index contributed by atoms with van der Waals surface area (Å²) in [5.74, 6) is 0. The van der Waals surface area contributed by atoms with Crippen LogP contribution < -0.4 is 0 Å². The van der Waals surface area contributed by atoms with Gasteiger partial charge in [0.1, 0.15) is 5.52 Å². The number of aliphatic hydroxyl groups is 1. The first kappa shape index (κ1) is 7.12. The van der Waals surface area contributed by atoms with Gasteiger partial charge in [-0.05, 0) is 12.1 Å². The molecule has 0 atom stereocenters. The third-order valence-electron chi connectivity index (χ3n) is 1.53. The quantitative estimate of drug-likeness (QED) is 0.662. The molecule has 0 aliphatic carbocycles. The smallest absolute Gasteiger partial charge is 0.178 e. The summed E-state index contributed by atoms with van der Waals surface area (Å²) in [5, 5.41) is 8.77. The summed E-state index contributed by atoms with van der Waals surface area (Å²) in [4.78, 5) is 12.1. The molecule has 0 saturated heterocycles. The van der Waals surface area contributed by atoms with Crippen molar-refractivity contribution in [2.75, 3.05) is 0 Å². The van der Waals surface area contributed by atoms with Gasteiger partial charge in [-0.25, -0.2) is 9.97 Å². The number of hydrogen-bond donors (Lipinski definition) is 1. The minimum atomic E-state index is -0.0977. The van der Waals surface area contributed by atoms with Crippen molar-refractivity contribution >= 4 is 11.2 Å². The van der Waals surface area contributed by atoms with Crippen LogP contribution in [0.25, 0.3) is 11.2 Å². The lowest BCUT2D eigenvalue weighted by atomic mass is 10.4. The number of rotatable bonds is 1. The van der Waals surface area contributed by atoms with E-state index in [4.69, 9.17) is 5.11 Å². The molecular weight excluding hydrogens is 154 g/mol. The fraction of sp³-hybridized carbons (Fsp3) is 0.125. The molecule has 0 aliphatic heterocycles. The Hall–Kier alpha value is -1.55. The van der Waals surface area contributed by atoms with Crippen LogP contribution in [0.1, 0.15) is 5.69 Å². The highest BCUT2D eigenvalue weighted by atomic mass is 16.3. The van der Waals surface area contributed by atoms with E-state index in [1.54, 1.807) is 18.5 Å². The summed E-state index contributed by atoms with van der Waals surface area (Å²) in [5.41, 5.74) is 1.86. The van der Waals surface area contributed by atoms with Crippen molar-refractivity contribution in [2.45, 2.75) is 6.61 Å². The number of aromatic nitrogens is 3. The van der Waals surface area contributed by atoms with Crippen molar-refractivity contribution in [3.8, 4) is 0 Å². The molecule has 0 unspecified atom stereocenters. The Labute approximate surface area is 68.9 Å². The minimum Gasteiger partial charge on any atom is -0.390 e. The van der Waals surface area contributed by atoms with Gasteiger partial charge in [0.25, 0.3) is 0 Å². The zero-order valence-corrected chi connectivity index (χ0v) is 6.31. The number of nitrogens with zero attached hydrogens (tertiary/aromatic N) is 3. The molecule has 2 aromatic heterocycles. The maximum absolute atomic E-state index is 8.77. The molecule has 60 valence electrons. The molecule has 4 heteroatoms. The lowest BCUT2D eigenvalue weighted by Gasteiger charge is -1.96. The van der Waals surface area contributed by atoms with Crippen LogP contribution in [-0.4, -0.2) is 20.1 Å².